The molecule has 0 heterocycles. The number of thioether (sulfide) groups is 1. The number of nitrogens with two attached hydrogens (primary N) is 1. The molecule has 0 spiro atoms. The smallest absolute Gasteiger partial charge is 0.0611 e. The quantitative estimate of drug-likeness (QED) is 0.893. The average molecular weight is 293 g/mol. The van der Waals surface area contributed by atoms with E-state index in [0.717, 1.165) is 19.3 Å². The minimum Gasteiger partial charge on any atom is -0.394 e. The van der Waals surface area contributed by atoms with Gasteiger partial charge < -0.3 is 10.8 Å². The number of rotatable bonds is 3. The Morgan fingerprint density at radius 1 is 1.30 bits per heavy atom. The SMILES string of the molecule is CC(C)(C)c1ccc(SC2CCCC(N)(CO)C2)cc1. The van der Waals surface area contributed by atoms with Gasteiger partial charge in [0.05, 0.1) is 6.61 Å². The molecule has 1 aliphatic rings. The highest BCUT2D eigenvalue weighted by atomic mass is 32.2. The molecule has 2 atom stereocenters. The Morgan fingerprint density at radius 3 is 2.50 bits per heavy atom. The number of aliphatic hydroxyl groups excluding tert-OH is 1. The fourth-order valence-corrected chi connectivity index (χ4v) is 4.19. The van der Waals surface area contributed by atoms with Crippen molar-refractivity contribution in [1.29, 1.82) is 0 Å². The predicted molar refractivity (Wildman–Crippen MR) is 87.3 cm³/mol. The summed E-state index contributed by atoms with van der Waals surface area (Å²) in [7, 11) is 0. The highest BCUT2D eigenvalue weighted by Crippen LogP contribution is 2.37. The van der Waals surface area contributed by atoms with Crippen molar-refractivity contribution >= 4 is 11.8 Å². The van der Waals surface area contributed by atoms with Crippen molar-refractivity contribution < 1.29 is 5.11 Å². The first-order chi connectivity index (χ1) is 9.32. The van der Waals surface area contributed by atoms with E-state index in [1.807, 2.05) is 11.8 Å². The first-order valence-corrected chi connectivity index (χ1v) is 8.37. The summed E-state index contributed by atoms with van der Waals surface area (Å²) in [4.78, 5) is 1.31. The summed E-state index contributed by atoms with van der Waals surface area (Å²) in [6.07, 6.45) is 4.18. The van der Waals surface area contributed by atoms with E-state index < -0.39 is 0 Å². The Labute approximate surface area is 127 Å². The molecule has 0 amide bonds. The third-order valence-corrected chi connectivity index (χ3v) is 5.45. The maximum absolute atomic E-state index is 9.43. The van der Waals surface area contributed by atoms with E-state index in [0.29, 0.717) is 5.25 Å². The van der Waals surface area contributed by atoms with Crippen LogP contribution in [0.15, 0.2) is 29.2 Å². The lowest BCUT2D eigenvalue weighted by atomic mass is 9.83. The average Bonchev–Trinajstić information content (AvgIpc) is 2.38. The molecular weight excluding hydrogens is 266 g/mol. The first-order valence-electron chi connectivity index (χ1n) is 7.49. The van der Waals surface area contributed by atoms with Crippen LogP contribution in [0.3, 0.4) is 0 Å². The lowest BCUT2D eigenvalue weighted by Gasteiger charge is -2.36. The normalized spacial score (nSPS) is 27.6. The Bertz CT molecular complexity index is 437. The van der Waals surface area contributed by atoms with Crippen molar-refractivity contribution in [2.45, 2.75) is 67.6 Å². The summed E-state index contributed by atoms with van der Waals surface area (Å²) in [6, 6.07) is 8.90. The Hall–Kier alpha value is -0.510. The van der Waals surface area contributed by atoms with Crippen LogP contribution in [-0.2, 0) is 5.41 Å². The van der Waals surface area contributed by atoms with Gasteiger partial charge in [-0.25, -0.2) is 0 Å². The fraction of sp³-hybridized carbons (Fsp3) is 0.647. The number of hydrogen-bond donors (Lipinski definition) is 2. The molecule has 1 fully saturated rings. The molecular formula is C17H27NOS. The van der Waals surface area contributed by atoms with Crippen LogP contribution in [0.2, 0.25) is 0 Å². The minimum atomic E-state index is -0.360. The van der Waals surface area contributed by atoms with Gasteiger partial charge in [-0.15, -0.1) is 11.8 Å². The van der Waals surface area contributed by atoms with Crippen LogP contribution in [0.4, 0.5) is 0 Å². The molecule has 0 saturated heterocycles. The molecule has 1 aliphatic carbocycles. The largest absolute Gasteiger partial charge is 0.394 e. The number of aliphatic hydroxyl groups is 1. The molecule has 3 heteroatoms. The summed E-state index contributed by atoms with van der Waals surface area (Å²) in [5.41, 5.74) is 7.44. The lowest BCUT2D eigenvalue weighted by molar-refractivity contribution is 0.159. The van der Waals surface area contributed by atoms with Gasteiger partial charge in [-0.05, 0) is 42.4 Å². The van der Waals surface area contributed by atoms with Crippen LogP contribution in [0.25, 0.3) is 0 Å². The van der Waals surface area contributed by atoms with Gasteiger partial charge in [0, 0.05) is 15.7 Å². The van der Waals surface area contributed by atoms with Crippen molar-refractivity contribution in [1.82, 2.24) is 0 Å². The van der Waals surface area contributed by atoms with Gasteiger partial charge in [-0.1, -0.05) is 39.3 Å². The molecule has 0 radical (unpaired) electrons. The van der Waals surface area contributed by atoms with E-state index in [-0.39, 0.29) is 17.6 Å². The van der Waals surface area contributed by atoms with Gasteiger partial charge >= 0.3 is 0 Å². The second kappa shape index (κ2) is 6.08. The topological polar surface area (TPSA) is 46.2 Å². The molecule has 0 bridgehead atoms. The van der Waals surface area contributed by atoms with E-state index in [4.69, 9.17) is 5.73 Å². The molecule has 1 saturated carbocycles. The van der Waals surface area contributed by atoms with Gasteiger partial charge in [-0.3, -0.25) is 0 Å². The zero-order chi connectivity index (χ0) is 14.8. The molecule has 2 nitrogen and oxygen atoms in total. The summed E-state index contributed by atoms with van der Waals surface area (Å²) < 4.78 is 0. The summed E-state index contributed by atoms with van der Waals surface area (Å²) in [6.45, 7) is 6.81. The van der Waals surface area contributed by atoms with Gasteiger partial charge in [0.2, 0.25) is 0 Å². The van der Waals surface area contributed by atoms with Crippen LogP contribution in [0, 0.1) is 0 Å². The third kappa shape index (κ3) is 4.00. The zero-order valence-electron chi connectivity index (χ0n) is 12.9. The molecule has 112 valence electrons. The lowest BCUT2D eigenvalue weighted by Crippen LogP contribution is -2.48. The summed E-state index contributed by atoms with van der Waals surface area (Å²) in [5, 5.41) is 9.95. The van der Waals surface area contributed by atoms with E-state index in [2.05, 4.69) is 45.0 Å². The van der Waals surface area contributed by atoms with E-state index in [1.165, 1.54) is 16.9 Å². The molecule has 20 heavy (non-hydrogen) atoms. The van der Waals surface area contributed by atoms with Crippen LogP contribution in [0.5, 0.6) is 0 Å². The second-order valence-electron chi connectivity index (χ2n) is 7.13. The molecule has 1 aromatic carbocycles. The van der Waals surface area contributed by atoms with E-state index >= 15 is 0 Å². The fourth-order valence-electron chi connectivity index (χ4n) is 2.81. The monoisotopic (exact) mass is 293 g/mol. The van der Waals surface area contributed by atoms with Crippen molar-refractivity contribution in [3.63, 3.8) is 0 Å². The Kier molecular flexibility index (Phi) is 4.83. The van der Waals surface area contributed by atoms with Crippen LogP contribution >= 0.6 is 11.8 Å². The van der Waals surface area contributed by atoms with Crippen LogP contribution in [-0.4, -0.2) is 22.5 Å². The molecule has 0 aliphatic heterocycles. The molecule has 0 aromatic heterocycles. The molecule has 2 unspecified atom stereocenters. The molecule has 3 N–H and O–H groups in total. The Morgan fingerprint density at radius 2 is 1.95 bits per heavy atom. The highest BCUT2D eigenvalue weighted by Gasteiger charge is 2.32. The zero-order valence-corrected chi connectivity index (χ0v) is 13.7. The Balaban J connectivity index is 2.00. The first kappa shape index (κ1) is 15.9. The van der Waals surface area contributed by atoms with Gasteiger partial charge in [-0.2, -0.15) is 0 Å². The molecule has 2 rings (SSSR count). The second-order valence-corrected chi connectivity index (χ2v) is 8.50. The summed E-state index contributed by atoms with van der Waals surface area (Å²) in [5.74, 6) is 0. The van der Waals surface area contributed by atoms with Crippen molar-refractivity contribution in [3.8, 4) is 0 Å². The highest BCUT2D eigenvalue weighted by molar-refractivity contribution is 8.00. The minimum absolute atomic E-state index is 0.104. The third-order valence-electron chi connectivity index (χ3n) is 4.17. The standard InChI is InChI=1S/C17H27NOS/c1-16(2,3)13-6-8-14(9-7-13)20-15-5-4-10-17(18,11-15)12-19/h6-9,15,19H,4-5,10-12,18H2,1-3H3. The molecule has 1 aromatic rings. The van der Waals surface area contributed by atoms with Crippen molar-refractivity contribution in [2.24, 2.45) is 5.73 Å². The summed E-state index contributed by atoms with van der Waals surface area (Å²) >= 11 is 1.91. The van der Waals surface area contributed by atoms with Crippen molar-refractivity contribution in [2.75, 3.05) is 6.61 Å². The van der Waals surface area contributed by atoms with Crippen LogP contribution < -0.4 is 5.73 Å². The number of benzene rings is 1. The van der Waals surface area contributed by atoms with Crippen LogP contribution in [0.1, 0.15) is 52.0 Å². The van der Waals surface area contributed by atoms with Gasteiger partial charge in [0.25, 0.3) is 0 Å². The van der Waals surface area contributed by atoms with Crippen molar-refractivity contribution in [3.05, 3.63) is 29.8 Å². The maximum Gasteiger partial charge on any atom is 0.0611 e. The van der Waals surface area contributed by atoms with E-state index in [1.54, 1.807) is 0 Å². The predicted octanol–water partition coefficient (Wildman–Crippen LogP) is 3.71. The van der Waals surface area contributed by atoms with E-state index in [9.17, 15) is 5.11 Å². The number of hydrogen-bond acceptors (Lipinski definition) is 3. The maximum atomic E-state index is 9.43. The van der Waals surface area contributed by atoms with Gasteiger partial charge in [0.1, 0.15) is 0 Å². The van der Waals surface area contributed by atoms with Gasteiger partial charge in [0.15, 0.2) is 0 Å².